The zero-order chi connectivity index (χ0) is 16.8. The van der Waals surface area contributed by atoms with Crippen LogP contribution < -0.4 is 15.4 Å². The van der Waals surface area contributed by atoms with Crippen LogP contribution in [0.3, 0.4) is 0 Å². The van der Waals surface area contributed by atoms with Gasteiger partial charge in [0.1, 0.15) is 12.1 Å². The summed E-state index contributed by atoms with van der Waals surface area (Å²) in [5.74, 6) is 0.262. The summed E-state index contributed by atoms with van der Waals surface area (Å²) in [5.41, 5.74) is 1.15. The summed E-state index contributed by atoms with van der Waals surface area (Å²) in [6.45, 7) is 0. The number of hydrogen-bond donors (Lipinski definition) is 3. The maximum atomic E-state index is 13.7. The van der Waals surface area contributed by atoms with Gasteiger partial charge in [0, 0.05) is 10.6 Å². The zero-order valence-electron chi connectivity index (χ0n) is 12.8. The molecule has 0 aliphatic carbocycles. The number of hydrogen-bond acceptors (Lipinski definition) is 7. The number of anilines is 4. The molecule has 0 unspecified atom stereocenters. The predicted octanol–water partition coefficient (Wildman–Crippen LogP) is 3.72. The number of aromatic nitrogens is 3. The minimum absolute atomic E-state index is 0.262. The van der Waals surface area contributed by atoms with Gasteiger partial charge in [0.25, 0.3) is 0 Å². The molecule has 1 aromatic heterocycles. The molecule has 24 heavy (non-hydrogen) atoms. The number of benzene rings is 2. The third-order valence-electron chi connectivity index (χ3n) is 3.00. The third-order valence-corrected chi connectivity index (χ3v) is 3.70. The van der Waals surface area contributed by atoms with E-state index in [1.54, 1.807) is 18.2 Å². The quantitative estimate of drug-likeness (QED) is 0.589. The summed E-state index contributed by atoms with van der Waals surface area (Å²) in [6, 6.07) is 14.1. The number of nitrogens with zero attached hydrogens (tertiary/aromatic N) is 3. The highest BCUT2D eigenvalue weighted by Gasteiger charge is 2.05. The van der Waals surface area contributed by atoms with Crippen LogP contribution in [0, 0.1) is 5.82 Å². The summed E-state index contributed by atoms with van der Waals surface area (Å²) in [7, 11) is 1.86. The van der Waals surface area contributed by atoms with Gasteiger partial charge in [-0.05, 0) is 49.3 Å². The van der Waals surface area contributed by atoms with Crippen molar-refractivity contribution in [2.24, 2.45) is 0 Å². The molecular weight excluding hydrogens is 327 g/mol. The monoisotopic (exact) mass is 342 g/mol. The first-order chi connectivity index (χ1) is 11.7. The summed E-state index contributed by atoms with van der Waals surface area (Å²) < 4.78 is 16.7. The molecule has 0 saturated heterocycles. The highest BCUT2D eigenvalue weighted by atomic mass is 32.2. The average molecular weight is 342 g/mol. The van der Waals surface area contributed by atoms with E-state index in [2.05, 4.69) is 30.3 Å². The van der Waals surface area contributed by atoms with Gasteiger partial charge in [-0.3, -0.25) is 4.72 Å². The largest absolute Gasteiger partial charge is 0.324 e. The molecule has 3 rings (SSSR count). The molecule has 122 valence electrons. The van der Waals surface area contributed by atoms with Gasteiger partial charge in [-0.2, -0.15) is 4.98 Å². The molecule has 6 nitrogen and oxygen atoms in total. The molecule has 0 saturated carbocycles. The lowest BCUT2D eigenvalue weighted by atomic mass is 10.3. The van der Waals surface area contributed by atoms with Crippen molar-refractivity contribution in [3.8, 4) is 0 Å². The molecule has 8 heteroatoms. The van der Waals surface area contributed by atoms with Gasteiger partial charge in [0.15, 0.2) is 0 Å². The highest BCUT2D eigenvalue weighted by molar-refractivity contribution is 7.97. The molecule has 3 aromatic rings. The second-order valence-corrected chi connectivity index (χ2v) is 5.78. The van der Waals surface area contributed by atoms with Crippen LogP contribution in [0.15, 0.2) is 59.8 Å². The number of para-hydroxylation sites is 1. The van der Waals surface area contributed by atoms with Crippen molar-refractivity contribution >= 4 is 35.2 Å². The molecule has 0 spiro atoms. The number of rotatable bonds is 6. The van der Waals surface area contributed by atoms with Crippen molar-refractivity contribution in [3.05, 3.63) is 60.7 Å². The van der Waals surface area contributed by atoms with Crippen molar-refractivity contribution in [1.29, 1.82) is 0 Å². The van der Waals surface area contributed by atoms with Crippen LogP contribution in [0.4, 0.5) is 27.7 Å². The van der Waals surface area contributed by atoms with Crippen molar-refractivity contribution in [3.63, 3.8) is 0 Å². The first kappa shape index (κ1) is 16.2. The van der Waals surface area contributed by atoms with Crippen molar-refractivity contribution < 1.29 is 4.39 Å². The van der Waals surface area contributed by atoms with E-state index in [1.165, 1.54) is 24.3 Å². The zero-order valence-corrected chi connectivity index (χ0v) is 13.6. The fraction of sp³-hybridized carbons (Fsp3) is 0.0625. The Bertz CT molecular complexity index is 829. The first-order valence-corrected chi connectivity index (χ1v) is 7.97. The summed E-state index contributed by atoms with van der Waals surface area (Å²) in [6.07, 6.45) is 1.37. The predicted molar refractivity (Wildman–Crippen MR) is 94.2 cm³/mol. The Morgan fingerprint density at radius 1 is 0.958 bits per heavy atom. The molecule has 0 radical (unpaired) electrons. The van der Waals surface area contributed by atoms with Gasteiger partial charge in [-0.1, -0.05) is 18.2 Å². The Hall–Kier alpha value is -2.71. The molecule has 0 atom stereocenters. The molecular formula is C16H15FN6S. The minimum Gasteiger partial charge on any atom is -0.324 e. The smallest absolute Gasteiger partial charge is 0.232 e. The fourth-order valence-corrected chi connectivity index (χ4v) is 2.55. The van der Waals surface area contributed by atoms with Crippen molar-refractivity contribution in [2.45, 2.75) is 4.90 Å². The number of halogens is 1. The van der Waals surface area contributed by atoms with E-state index in [9.17, 15) is 4.39 Å². The Labute approximate surface area is 143 Å². The van der Waals surface area contributed by atoms with Crippen LogP contribution in [0.25, 0.3) is 0 Å². The lowest BCUT2D eigenvalue weighted by Crippen LogP contribution is -2.03. The van der Waals surface area contributed by atoms with E-state index >= 15 is 0 Å². The standard InChI is InChI=1S/C16H15FN6S/c1-18-24-12-6-4-5-11(9-12)21-15-19-10-20-16(23-15)22-14-8-3-2-7-13(14)17/h2-10,18H,1H3,(H2,19,20,21,22,23). The average Bonchev–Trinajstić information content (AvgIpc) is 2.58. The molecule has 0 aliphatic rings. The fourth-order valence-electron chi connectivity index (χ4n) is 1.98. The van der Waals surface area contributed by atoms with Crippen LogP contribution in [0.5, 0.6) is 0 Å². The van der Waals surface area contributed by atoms with Crippen molar-refractivity contribution in [2.75, 3.05) is 17.7 Å². The molecule has 2 aromatic carbocycles. The van der Waals surface area contributed by atoms with Gasteiger partial charge in [-0.15, -0.1) is 0 Å². The second-order valence-electron chi connectivity index (χ2n) is 4.70. The molecule has 0 bridgehead atoms. The Balaban J connectivity index is 1.76. The van der Waals surface area contributed by atoms with E-state index in [4.69, 9.17) is 0 Å². The van der Waals surface area contributed by atoms with E-state index in [1.807, 2.05) is 31.3 Å². The topological polar surface area (TPSA) is 74.8 Å². The van der Waals surface area contributed by atoms with Crippen LogP contribution in [-0.4, -0.2) is 22.0 Å². The van der Waals surface area contributed by atoms with E-state index < -0.39 is 0 Å². The van der Waals surface area contributed by atoms with Crippen LogP contribution >= 0.6 is 11.9 Å². The summed E-state index contributed by atoms with van der Waals surface area (Å²) in [4.78, 5) is 13.4. The summed E-state index contributed by atoms with van der Waals surface area (Å²) >= 11 is 1.51. The summed E-state index contributed by atoms with van der Waals surface area (Å²) in [5, 5.41) is 5.95. The SMILES string of the molecule is CNSc1cccc(Nc2ncnc(Nc3ccccc3F)n2)c1. The lowest BCUT2D eigenvalue weighted by molar-refractivity contribution is 0.631. The molecule has 0 amide bonds. The first-order valence-electron chi connectivity index (χ1n) is 7.16. The van der Waals surface area contributed by atoms with Crippen LogP contribution in [0.1, 0.15) is 0 Å². The van der Waals surface area contributed by atoms with Gasteiger partial charge in [0.05, 0.1) is 5.69 Å². The third kappa shape index (κ3) is 4.18. The van der Waals surface area contributed by atoms with E-state index in [-0.39, 0.29) is 11.8 Å². The van der Waals surface area contributed by atoms with E-state index in [0.717, 1.165) is 10.6 Å². The van der Waals surface area contributed by atoms with E-state index in [0.29, 0.717) is 11.6 Å². The maximum Gasteiger partial charge on any atom is 0.232 e. The lowest BCUT2D eigenvalue weighted by Gasteiger charge is -2.09. The Morgan fingerprint density at radius 2 is 1.75 bits per heavy atom. The van der Waals surface area contributed by atoms with Gasteiger partial charge in [-0.25, -0.2) is 14.4 Å². The van der Waals surface area contributed by atoms with Crippen molar-refractivity contribution in [1.82, 2.24) is 19.7 Å². The molecule has 0 fully saturated rings. The van der Waals surface area contributed by atoms with Gasteiger partial charge < -0.3 is 10.6 Å². The Kier molecular flexibility index (Phi) is 5.19. The van der Waals surface area contributed by atoms with Crippen LogP contribution in [-0.2, 0) is 0 Å². The molecule has 1 heterocycles. The minimum atomic E-state index is -0.371. The molecule has 0 aliphatic heterocycles. The van der Waals surface area contributed by atoms with Gasteiger partial charge in [0.2, 0.25) is 11.9 Å². The second kappa shape index (κ2) is 7.71. The van der Waals surface area contributed by atoms with Crippen LogP contribution in [0.2, 0.25) is 0 Å². The number of nitrogens with one attached hydrogen (secondary N) is 3. The maximum absolute atomic E-state index is 13.7. The van der Waals surface area contributed by atoms with Gasteiger partial charge >= 0.3 is 0 Å². The highest BCUT2D eigenvalue weighted by Crippen LogP contribution is 2.21. The Morgan fingerprint density at radius 3 is 2.54 bits per heavy atom. The normalized spacial score (nSPS) is 10.4. The molecule has 3 N–H and O–H groups in total.